The minimum absolute atomic E-state index is 0.188. The van der Waals surface area contributed by atoms with Crippen LogP contribution in [0.15, 0.2) is 111 Å². The van der Waals surface area contributed by atoms with Gasteiger partial charge in [0, 0.05) is 16.3 Å². The number of hydrogen-bond acceptors (Lipinski definition) is 7. The van der Waals surface area contributed by atoms with Crippen molar-refractivity contribution in [1.29, 1.82) is 0 Å². The van der Waals surface area contributed by atoms with Gasteiger partial charge in [-0.15, -0.1) is 5.10 Å². The lowest BCUT2D eigenvalue weighted by Crippen LogP contribution is -2.28. The molecule has 4 aromatic rings. The Bertz CT molecular complexity index is 1620. The molecule has 0 saturated carbocycles. The number of halogens is 1. The lowest BCUT2D eigenvalue weighted by molar-refractivity contribution is -0.122. The number of aryl methyl sites for hydroxylation is 1. The maximum atomic E-state index is 13.5. The molecule has 10 heteroatoms. The summed E-state index contributed by atoms with van der Waals surface area (Å²) in [7, 11) is 0. The average Bonchev–Trinajstić information content (AvgIpc) is 3.59. The maximum Gasteiger partial charge on any atom is 0.267 e. The second kappa shape index (κ2) is 13.2. The molecule has 3 aromatic carbocycles. The van der Waals surface area contributed by atoms with E-state index in [1.165, 1.54) is 16.7 Å². The minimum atomic E-state index is -0.316. The number of amidine groups is 1. The van der Waals surface area contributed by atoms with Gasteiger partial charge in [0.25, 0.3) is 11.8 Å². The summed E-state index contributed by atoms with van der Waals surface area (Å²) in [5.41, 5.74) is 3.19. The van der Waals surface area contributed by atoms with E-state index < -0.39 is 0 Å². The minimum Gasteiger partial charge on any atom is -0.483 e. The van der Waals surface area contributed by atoms with Crippen molar-refractivity contribution in [2.24, 2.45) is 10.2 Å². The van der Waals surface area contributed by atoms with E-state index in [1.54, 1.807) is 48.9 Å². The van der Waals surface area contributed by atoms with Gasteiger partial charge in [-0.2, -0.15) is 5.10 Å². The van der Waals surface area contributed by atoms with E-state index in [9.17, 15) is 9.59 Å². The summed E-state index contributed by atoms with van der Waals surface area (Å²) in [6, 6.07) is 25.6. The summed E-state index contributed by atoms with van der Waals surface area (Å²) in [6.07, 6.45) is 4.84. The molecular weight excluding hydrogens is 560 g/mol. The molecule has 0 radical (unpaired) electrons. The second-order valence-corrected chi connectivity index (χ2v) is 10.4. The number of carbonyl (C=O) groups is 2. The summed E-state index contributed by atoms with van der Waals surface area (Å²) >= 11 is 7.45. The molecule has 0 aliphatic carbocycles. The van der Waals surface area contributed by atoms with Gasteiger partial charge in [0.15, 0.2) is 11.8 Å². The number of furan rings is 1. The van der Waals surface area contributed by atoms with Crippen LogP contribution in [0.2, 0.25) is 5.02 Å². The van der Waals surface area contributed by atoms with Crippen LogP contribution in [0.25, 0.3) is 6.08 Å². The number of benzene rings is 3. The predicted molar refractivity (Wildman–Crippen MR) is 163 cm³/mol. The molecule has 1 aliphatic heterocycles. The highest BCUT2D eigenvalue weighted by atomic mass is 35.5. The topological polar surface area (TPSA) is 96.5 Å². The van der Waals surface area contributed by atoms with Crippen LogP contribution in [-0.2, 0) is 16.1 Å². The van der Waals surface area contributed by atoms with Crippen LogP contribution in [0.4, 0.5) is 5.69 Å². The van der Waals surface area contributed by atoms with Gasteiger partial charge in [-0.05, 0) is 72.8 Å². The van der Waals surface area contributed by atoms with Gasteiger partial charge < -0.3 is 14.5 Å². The molecule has 8 nitrogen and oxygen atoms in total. The number of hydrogen-bond donors (Lipinski definition) is 1. The van der Waals surface area contributed by atoms with E-state index in [4.69, 9.17) is 20.8 Å². The Kier molecular flexibility index (Phi) is 8.98. The number of rotatable bonds is 9. The predicted octanol–water partition coefficient (Wildman–Crippen LogP) is 6.77. The Morgan fingerprint density at radius 2 is 1.88 bits per heavy atom. The first kappa shape index (κ1) is 27.9. The highest BCUT2D eigenvalue weighted by Gasteiger charge is 2.34. The highest BCUT2D eigenvalue weighted by molar-refractivity contribution is 8.18. The van der Waals surface area contributed by atoms with E-state index in [0.29, 0.717) is 37.9 Å². The van der Waals surface area contributed by atoms with Crippen molar-refractivity contribution in [2.75, 3.05) is 11.9 Å². The molecule has 1 aromatic heterocycles. The molecule has 0 atom stereocenters. The van der Waals surface area contributed by atoms with Gasteiger partial charge in [0.1, 0.15) is 11.5 Å². The first-order chi connectivity index (χ1) is 19.9. The average molecular weight is 585 g/mol. The Hall–Kier alpha value is -4.60. The lowest BCUT2D eigenvalue weighted by Gasteiger charge is -2.13. The first-order valence-electron chi connectivity index (χ1n) is 12.6. The van der Waals surface area contributed by atoms with Crippen LogP contribution in [0, 0.1) is 6.92 Å². The third kappa shape index (κ3) is 7.53. The van der Waals surface area contributed by atoms with Gasteiger partial charge in [-0.25, -0.2) is 0 Å². The van der Waals surface area contributed by atoms with E-state index >= 15 is 0 Å². The highest BCUT2D eigenvalue weighted by Crippen LogP contribution is 2.36. The maximum absolute atomic E-state index is 13.5. The zero-order chi connectivity index (χ0) is 28.6. The Morgan fingerprint density at radius 1 is 1.07 bits per heavy atom. The number of amides is 2. The molecule has 5 rings (SSSR count). The summed E-state index contributed by atoms with van der Waals surface area (Å²) in [5.74, 6) is 0.415. The van der Waals surface area contributed by atoms with Crippen LogP contribution in [0.1, 0.15) is 22.5 Å². The number of anilines is 1. The fourth-order valence-electron chi connectivity index (χ4n) is 3.85. The van der Waals surface area contributed by atoms with Crippen molar-refractivity contribution in [3.8, 4) is 5.75 Å². The molecule has 1 aliphatic rings. The summed E-state index contributed by atoms with van der Waals surface area (Å²) in [4.78, 5) is 27.9. The van der Waals surface area contributed by atoms with Gasteiger partial charge in [0.05, 0.1) is 23.9 Å². The largest absolute Gasteiger partial charge is 0.483 e. The summed E-state index contributed by atoms with van der Waals surface area (Å²) < 4.78 is 11.3. The van der Waals surface area contributed by atoms with E-state index in [2.05, 4.69) is 15.5 Å². The number of ether oxygens (including phenoxy) is 1. The van der Waals surface area contributed by atoms with Crippen molar-refractivity contribution in [2.45, 2.75) is 13.5 Å². The zero-order valence-electron chi connectivity index (χ0n) is 22.0. The SMILES string of the molecule is Cc1ccc(NC(=O)COc2ccc(Cl)cc2/C=C2\S/C(=N/N=C\c3ccccc3)N(Cc3ccco3)C2=O)cc1. The van der Waals surface area contributed by atoms with E-state index in [1.807, 2.05) is 61.5 Å². The fourth-order valence-corrected chi connectivity index (χ4v) is 4.95. The van der Waals surface area contributed by atoms with Gasteiger partial charge in [0.2, 0.25) is 0 Å². The number of carbonyl (C=O) groups excluding carboxylic acids is 2. The van der Waals surface area contributed by atoms with Gasteiger partial charge in [-0.3, -0.25) is 14.5 Å². The van der Waals surface area contributed by atoms with Crippen molar-refractivity contribution in [3.05, 3.63) is 124 Å². The normalized spacial score (nSPS) is 15.3. The fraction of sp³-hybridized carbons (Fsp3) is 0.0968. The molecule has 0 unspecified atom stereocenters. The summed E-state index contributed by atoms with van der Waals surface area (Å²) in [5, 5.41) is 12.2. The van der Waals surface area contributed by atoms with Crippen molar-refractivity contribution >= 4 is 58.3 Å². The van der Waals surface area contributed by atoms with Crippen molar-refractivity contribution in [3.63, 3.8) is 0 Å². The molecule has 2 heterocycles. The Labute approximate surface area is 246 Å². The Balaban J connectivity index is 1.36. The molecule has 1 N–H and O–H groups in total. The molecular formula is C31H25ClN4O4S. The summed E-state index contributed by atoms with van der Waals surface area (Å²) in [6.45, 7) is 1.94. The van der Waals surface area contributed by atoms with E-state index in [0.717, 1.165) is 11.1 Å². The quantitative estimate of drug-likeness (QED) is 0.133. The molecule has 41 heavy (non-hydrogen) atoms. The van der Waals surface area contributed by atoms with Crippen molar-refractivity contribution in [1.82, 2.24) is 4.90 Å². The molecule has 206 valence electrons. The number of nitrogens with one attached hydrogen (secondary N) is 1. The third-order valence-electron chi connectivity index (χ3n) is 5.88. The third-order valence-corrected chi connectivity index (χ3v) is 7.12. The van der Waals surface area contributed by atoms with Crippen LogP contribution < -0.4 is 10.1 Å². The van der Waals surface area contributed by atoms with Gasteiger partial charge in [-0.1, -0.05) is 59.6 Å². The smallest absolute Gasteiger partial charge is 0.267 e. The standard InChI is InChI=1S/C31H25ClN4O4S/c1-21-9-12-25(13-10-21)34-29(37)20-40-27-14-11-24(32)16-23(27)17-28-30(38)36(19-26-8-5-15-39-26)31(41-28)35-33-18-22-6-3-2-4-7-22/h2-18H,19-20H2,1H3,(H,34,37)/b28-17-,33-18-,35-31+. The zero-order valence-corrected chi connectivity index (χ0v) is 23.6. The molecule has 1 fully saturated rings. The monoisotopic (exact) mass is 584 g/mol. The van der Waals surface area contributed by atoms with Crippen LogP contribution in [0.3, 0.4) is 0 Å². The van der Waals surface area contributed by atoms with Crippen LogP contribution >= 0.6 is 23.4 Å². The molecule has 1 saturated heterocycles. The van der Waals surface area contributed by atoms with Gasteiger partial charge >= 0.3 is 0 Å². The lowest BCUT2D eigenvalue weighted by atomic mass is 10.2. The van der Waals surface area contributed by atoms with Crippen LogP contribution in [-0.4, -0.2) is 34.7 Å². The molecule has 2 amide bonds. The van der Waals surface area contributed by atoms with Crippen LogP contribution in [0.5, 0.6) is 5.75 Å². The first-order valence-corrected chi connectivity index (χ1v) is 13.8. The van der Waals surface area contributed by atoms with Crippen molar-refractivity contribution < 1.29 is 18.7 Å². The molecule has 0 bridgehead atoms. The number of thioether (sulfide) groups is 1. The van der Waals surface area contributed by atoms with E-state index in [-0.39, 0.29) is 25.0 Å². The Morgan fingerprint density at radius 3 is 2.63 bits per heavy atom. The second-order valence-electron chi connectivity index (χ2n) is 9.00. The molecule has 0 spiro atoms. The number of nitrogens with zero attached hydrogens (tertiary/aromatic N) is 3.